The summed E-state index contributed by atoms with van der Waals surface area (Å²) in [5.41, 5.74) is 1.26. The summed E-state index contributed by atoms with van der Waals surface area (Å²) in [6.45, 7) is 7.17. The first-order valence-corrected chi connectivity index (χ1v) is 11.7. The van der Waals surface area contributed by atoms with Crippen LogP contribution >= 0.6 is 0 Å². The van der Waals surface area contributed by atoms with Gasteiger partial charge in [-0.2, -0.15) is 5.10 Å². The second-order valence-corrected chi connectivity index (χ2v) is 9.74. The second kappa shape index (κ2) is 8.86. The topological polar surface area (TPSA) is 94.3 Å². The fraction of sp³-hybridized carbons (Fsp3) is 0.500. The van der Waals surface area contributed by atoms with Gasteiger partial charge in [-0.25, -0.2) is 23.7 Å². The molecule has 0 N–H and O–H groups in total. The van der Waals surface area contributed by atoms with Gasteiger partial charge < -0.3 is 24.0 Å². The molecule has 1 saturated heterocycles. The highest BCUT2D eigenvalue weighted by molar-refractivity contribution is 5.81. The lowest BCUT2D eigenvalue weighted by molar-refractivity contribution is 0.0240. The standard InChI is InChI=1S/C24H29FN6O4/c1-24(2,3)35-23(32)30-9-7-29(8-10-30)21-19(25)14-31-20(28-21)18(13-27-31)17-11-16(33-4)12-26-22(17)34-15-5-6-15/h11-15H,5-10H2,1-4H3. The average Bonchev–Trinajstić information content (AvgIpc) is 3.55. The first-order valence-electron chi connectivity index (χ1n) is 11.7. The van der Waals surface area contributed by atoms with E-state index in [-0.39, 0.29) is 18.0 Å². The maximum atomic E-state index is 15.0. The van der Waals surface area contributed by atoms with E-state index in [4.69, 9.17) is 14.2 Å². The third kappa shape index (κ3) is 4.94. The van der Waals surface area contributed by atoms with E-state index in [1.54, 1.807) is 24.4 Å². The van der Waals surface area contributed by atoms with Gasteiger partial charge in [0.1, 0.15) is 17.5 Å². The molecule has 0 bridgehead atoms. The minimum atomic E-state index is -0.567. The molecule has 5 rings (SSSR count). The van der Waals surface area contributed by atoms with E-state index >= 15 is 4.39 Å². The van der Waals surface area contributed by atoms with Gasteiger partial charge in [-0.05, 0) is 39.7 Å². The minimum absolute atomic E-state index is 0.152. The number of hydrogen-bond donors (Lipinski definition) is 0. The molecule has 3 aromatic heterocycles. The van der Waals surface area contributed by atoms with Gasteiger partial charge in [0.15, 0.2) is 17.3 Å². The van der Waals surface area contributed by atoms with Crippen LogP contribution in [0.3, 0.4) is 0 Å². The number of halogens is 1. The summed E-state index contributed by atoms with van der Waals surface area (Å²) < 4.78 is 33.3. The maximum Gasteiger partial charge on any atom is 0.410 e. The summed E-state index contributed by atoms with van der Waals surface area (Å²) in [6.07, 6.45) is 6.32. The number of ether oxygens (including phenoxy) is 3. The van der Waals surface area contributed by atoms with Crippen LogP contribution < -0.4 is 14.4 Å². The van der Waals surface area contributed by atoms with Gasteiger partial charge in [-0.1, -0.05) is 0 Å². The number of rotatable bonds is 5. The lowest BCUT2D eigenvalue weighted by atomic mass is 10.1. The minimum Gasteiger partial charge on any atom is -0.495 e. The van der Waals surface area contributed by atoms with Crippen LogP contribution in [0.15, 0.2) is 24.7 Å². The zero-order chi connectivity index (χ0) is 24.7. The van der Waals surface area contributed by atoms with E-state index in [0.717, 1.165) is 12.8 Å². The molecule has 186 valence electrons. The molecule has 2 fully saturated rings. The molecule has 0 radical (unpaired) electrons. The van der Waals surface area contributed by atoms with Crippen molar-refractivity contribution in [2.75, 3.05) is 38.2 Å². The Morgan fingerprint density at radius 1 is 1.11 bits per heavy atom. The van der Waals surface area contributed by atoms with Crippen molar-refractivity contribution >= 4 is 17.6 Å². The highest BCUT2D eigenvalue weighted by Crippen LogP contribution is 2.37. The van der Waals surface area contributed by atoms with Crippen molar-refractivity contribution < 1.29 is 23.4 Å². The van der Waals surface area contributed by atoms with E-state index in [1.807, 2.05) is 31.7 Å². The molecule has 0 unspecified atom stereocenters. The number of aromatic nitrogens is 4. The summed E-state index contributed by atoms with van der Waals surface area (Å²) in [7, 11) is 1.57. The first kappa shape index (κ1) is 23.1. The largest absolute Gasteiger partial charge is 0.495 e. The Morgan fingerprint density at radius 2 is 1.86 bits per heavy atom. The number of nitrogens with zero attached hydrogens (tertiary/aromatic N) is 6. The van der Waals surface area contributed by atoms with E-state index in [2.05, 4.69) is 15.1 Å². The number of carbonyl (C=O) groups is 1. The van der Waals surface area contributed by atoms with Crippen molar-refractivity contribution in [2.24, 2.45) is 0 Å². The van der Waals surface area contributed by atoms with Crippen molar-refractivity contribution in [1.29, 1.82) is 0 Å². The van der Waals surface area contributed by atoms with Crippen LogP contribution in [0.5, 0.6) is 11.6 Å². The van der Waals surface area contributed by atoms with E-state index < -0.39 is 11.4 Å². The Kier molecular flexibility index (Phi) is 5.86. The van der Waals surface area contributed by atoms with E-state index in [0.29, 0.717) is 54.6 Å². The molecule has 11 heteroatoms. The number of hydrogen-bond acceptors (Lipinski definition) is 8. The molecule has 3 aromatic rings. The summed E-state index contributed by atoms with van der Waals surface area (Å²) in [4.78, 5) is 24.9. The predicted molar refractivity (Wildman–Crippen MR) is 126 cm³/mol. The van der Waals surface area contributed by atoms with Gasteiger partial charge in [0.05, 0.1) is 36.8 Å². The lowest BCUT2D eigenvalue weighted by Gasteiger charge is -2.36. The molecule has 2 aliphatic rings. The third-order valence-corrected chi connectivity index (χ3v) is 5.82. The van der Waals surface area contributed by atoms with Crippen LogP contribution in [0.2, 0.25) is 0 Å². The summed E-state index contributed by atoms with van der Waals surface area (Å²) in [5.74, 6) is 0.768. The highest BCUT2D eigenvalue weighted by Gasteiger charge is 2.29. The second-order valence-electron chi connectivity index (χ2n) is 9.74. The Balaban J connectivity index is 1.43. The molecule has 1 aliphatic carbocycles. The number of pyridine rings is 1. The third-order valence-electron chi connectivity index (χ3n) is 5.82. The van der Waals surface area contributed by atoms with Crippen LogP contribution in [0.1, 0.15) is 33.6 Å². The quantitative estimate of drug-likeness (QED) is 0.543. The lowest BCUT2D eigenvalue weighted by Crippen LogP contribution is -2.50. The number of fused-ring (bicyclic) bond motifs is 1. The van der Waals surface area contributed by atoms with Crippen LogP contribution in [0.4, 0.5) is 15.0 Å². The molecular weight excluding hydrogens is 455 g/mol. The Labute approximate surface area is 202 Å². The number of methoxy groups -OCH3 is 1. The summed E-state index contributed by atoms with van der Waals surface area (Å²) in [6, 6.07) is 1.83. The van der Waals surface area contributed by atoms with Gasteiger partial charge in [0.25, 0.3) is 0 Å². The van der Waals surface area contributed by atoms with Gasteiger partial charge in [-0.15, -0.1) is 0 Å². The zero-order valence-electron chi connectivity index (χ0n) is 20.3. The molecule has 4 heterocycles. The SMILES string of the molecule is COc1cnc(OC2CC2)c(-c2cnn3cc(F)c(N4CCN(C(=O)OC(C)(C)C)CC4)nc23)c1. The Hall–Kier alpha value is -3.63. The fourth-order valence-electron chi connectivity index (χ4n) is 3.89. The number of piperazine rings is 1. The number of anilines is 1. The first-order chi connectivity index (χ1) is 16.7. The highest BCUT2D eigenvalue weighted by atomic mass is 19.1. The zero-order valence-corrected chi connectivity index (χ0v) is 20.3. The number of amides is 1. The molecule has 1 aliphatic heterocycles. The molecule has 35 heavy (non-hydrogen) atoms. The van der Waals surface area contributed by atoms with E-state index in [1.165, 1.54) is 10.7 Å². The van der Waals surface area contributed by atoms with Gasteiger partial charge >= 0.3 is 6.09 Å². The molecule has 1 saturated carbocycles. The van der Waals surface area contributed by atoms with Crippen molar-refractivity contribution in [3.8, 4) is 22.8 Å². The fourth-order valence-corrected chi connectivity index (χ4v) is 3.89. The average molecular weight is 485 g/mol. The molecule has 0 spiro atoms. The van der Waals surface area contributed by atoms with Crippen molar-refractivity contribution in [3.05, 3.63) is 30.5 Å². The molecule has 10 nitrogen and oxygen atoms in total. The molecular formula is C24H29FN6O4. The summed E-state index contributed by atoms with van der Waals surface area (Å²) >= 11 is 0. The monoisotopic (exact) mass is 484 g/mol. The number of carbonyl (C=O) groups excluding carboxylic acids is 1. The molecule has 0 atom stereocenters. The van der Waals surface area contributed by atoms with Crippen LogP contribution in [0.25, 0.3) is 16.8 Å². The Bertz CT molecular complexity index is 1240. The van der Waals surface area contributed by atoms with Crippen LogP contribution in [-0.2, 0) is 4.74 Å². The van der Waals surface area contributed by atoms with Gasteiger partial charge in [0.2, 0.25) is 5.88 Å². The van der Waals surface area contributed by atoms with Crippen molar-refractivity contribution in [1.82, 2.24) is 24.5 Å². The molecule has 1 amide bonds. The van der Waals surface area contributed by atoms with Crippen LogP contribution in [-0.4, -0.2) is 75.6 Å². The van der Waals surface area contributed by atoms with Crippen molar-refractivity contribution in [2.45, 2.75) is 45.3 Å². The Morgan fingerprint density at radius 3 is 2.51 bits per heavy atom. The van der Waals surface area contributed by atoms with Crippen LogP contribution in [0, 0.1) is 5.82 Å². The molecule has 0 aromatic carbocycles. The smallest absolute Gasteiger partial charge is 0.410 e. The predicted octanol–water partition coefficient (Wildman–Crippen LogP) is 3.54. The summed E-state index contributed by atoms with van der Waals surface area (Å²) in [5, 5.41) is 4.30. The van der Waals surface area contributed by atoms with Gasteiger partial charge in [-0.3, -0.25) is 0 Å². The maximum absolute atomic E-state index is 15.0. The van der Waals surface area contributed by atoms with E-state index in [9.17, 15) is 4.79 Å². The van der Waals surface area contributed by atoms with Gasteiger partial charge in [0, 0.05) is 26.2 Å². The van der Waals surface area contributed by atoms with Crippen molar-refractivity contribution in [3.63, 3.8) is 0 Å². The normalized spacial score (nSPS) is 16.5.